The molecule has 0 amide bonds. The van der Waals surface area contributed by atoms with Gasteiger partial charge in [-0.2, -0.15) is 4.91 Å². The summed E-state index contributed by atoms with van der Waals surface area (Å²) in [6, 6.07) is 9.82. The Hall–Kier alpha value is -1.22. The highest BCUT2D eigenvalue weighted by Crippen LogP contribution is 2.02. The van der Waals surface area contributed by atoms with Crippen LogP contribution in [0.3, 0.4) is 0 Å². The van der Waals surface area contributed by atoms with Crippen LogP contribution in [0, 0.1) is 4.91 Å². The van der Waals surface area contributed by atoms with Gasteiger partial charge < -0.3 is 4.74 Å². The van der Waals surface area contributed by atoms with E-state index in [0.29, 0.717) is 19.6 Å². The molecule has 0 spiro atoms. The van der Waals surface area contributed by atoms with Crippen LogP contribution in [0.15, 0.2) is 35.5 Å². The Bertz CT molecular complexity index is 261. The second-order valence-corrected chi connectivity index (χ2v) is 3.28. The predicted molar refractivity (Wildman–Crippen MR) is 56.0 cm³/mol. The van der Waals surface area contributed by atoms with E-state index < -0.39 is 0 Å². The summed E-state index contributed by atoms with van der Waals surface area (Å²) >= 11 is 0. The third kappa shape index (κ3) is 4.14. The van der Waals surface area contributed by atoms with Gasteiger partial charge in [-0.3, -0.25) is 0 Å². The molecule has 0 aromatic heterocycles. The molecule has 0 fully saturated rings. The number of nitrogens with zero attached hydrogens (tertiary/aromatic N) is 1. The van der Waals surface area contributed by atoms with Gasteiger partial charge in [0.25, 0.3) is 0 Å². The van der Waals surface area contributed by atoms with Gasteiger partial charge in [0.05, 0.1) is 12.6 Å². The van der Waals surface area contributed by atoms with E-state index in [0.717, 1.165) is 5.56 Å². The van der Waals surface area contributed by atoms with Gasteiger partial charge in [0.15, 0.2) is 0 Å². The smallest absolute Gasteiger partial charge is 0.0913 e. The first-order chi connectivity index (χ1) is 6.83. The van der Waals surface area contributed by atoms with Gasteiger partial charge in [-0.05, 0) is 18.9 Å². The average molecular weight is 193 g/mol. The highest BCUT2D eigenvalue weighted by atomic mass is 16.5. The molecule has 0 aliphatic carbocycles. The average Bonchev–Trinajstić information content (AvgIpc) is 2.25. The van der Waals surface area contributed by atoms with Crippen molar-refractivity contribution in [3.05, 3.63) is 40.8 Å². The number of nitroso groups, excluding NO2 is 1. The van der Waals surface area contributed by atoms with Gasteiger partial charge in [-0.1, -0.05) is 35.5 Å². The molecule has 1 atom stereocenters. The summed E-state index contributed by atoms with van der Waals surface area (Å²) in [4.78, 5) is 10.1. The first-order valence-corrected chi connectivity index (χ1v) is 4.77. The first kappa shape index (κ1) is 10.9. The molecule has 1 aromatic rings. The van der Waals surface area contributed by atoms with E-state index in [1.54, 1.807) is 6.92 Å². The first-order valence-electron chi connectivity index (χ1n) is 4.77. The number of benzene rings is 1. The number of ether oxygens (including phenoxy) is 1. The van der Waals surface area contributed by atoms with E-state index in [1.807, 2.05) is 30.3 Å². The van der Waals surface area contributed by atoms with Gasteiger partial charge in [0.1, 0.15) is 0 Å². The summed E-state index contributed by atoms with van der Waals surface area (Å²) in [5.41, 5.74) is 1.15. The number of hydrogen-bond donors (Lipinski definition) is 0. The Labute approximate surface area is 84.1 Å². The van der Waals surface area contributed by atoms with Crippen molar-refractivity contribution in [2.24, 2.45) is 5.18 Å². The molecule has 76 valence electrons. The van der Waals surface area contributed by atoms with Crippen molar-refractivity contribution in [1.29, 1.82) is 0 Å². The monoisotopic (exact) mass is 193 g/mol. The minimum atomic E-state index is -0.147. The molecule has 3 heteroatoms. The Morgan fingerprint density at radius 1 is 1.36 bits per heavy atom. The van der Waals surface area contributed by atoms with Crippen LogP contribution in [0.5, 0.6) is 0 Å². The molecule has 0 aliphatic heterocycles. The molecule has 0 saturated heterocycles. The lowest BCUT2D eigenvalue weighted by molar-refractivity contribution is 0.115. The van der Waals surface area contributed by atoms with Gasteiger partial charge >= 0.3 is 0 Å². The van der Waals surface area contributed by atoms with Crippen LogP contribution in [0.2, 0.25) is 0 Å². The zero-order valence-corrected chi connectivity index (χ0v) is 8.35. The fraction of sp³-hybridized carbons (Fsp3) is 0.455. The van der Waals surface area contributed by atoms with Crippen LogP contribution in [-0.2, 0) is 11.3 Å². The second-order valence-electron chi connectivity index (χ2n) is 3.28. The van der Waals surface area contributed by atoms with Gasteiger partial charge in [0, 0.05) is 6.61 Å². The maximum Gasteiger partial charge on any atom is 0.0913 e. The van der Waals surface area contributed by atoms with Gasteiger partial charge in [0.2, 0.25) is 0 Å². The highest BCUT2D eigenvalue weighted by Gasteiger charge is 1.99. The van der Waals surface area contributed by atoms with Crippen molar-refractivity contribution in [2.45, 2.75) is 26.0 Å². The van der Waals surface area contributed by atoms with Crippen LogP contribution in [0.25, 0.3) is 0 Å². The largest absolute Gasteiger partial charge is 0.377 e. The molecule has 0 N–H and O–H groups in total. The summed E-state index contributed by atoms with van der Waals surface area (Å²) in [5, 5.41) is 2.90. The molecule has 0 heterocycles. The third-order valence-electron chi connectivity index (χ3n) is 1.97. The molecule has 0 saturated carbocycles. The molecule has 3 nitrogen and oxygen atoms in total. The Kier molecular flexibility index (Phi) is 4.86. The van der Waals surface area contributed by atoms with E-state index in [4.69, 9.17) is 4.74 Å². The van der Waals surface area contributed by atoms with Gasteiger partial charge in [-0.25, -0.2) is 0 Å². The molecule has 14 heavy (non-hydrogen) atoms. The zero-order chi connectivity index (χ0) is 10.2. The van der Waals surface area contributed by atoms with Crippen molar-refractivity contribution in [3.63, 3.8) is 0 Å². The van der Waals surface area contributed by atoms with E-state index in [2.05, 4.69) is 5.18 Å². The highest BCUT2D eigenvalue weighted by molar-refractivity contribution is 5.13. The SMILES string of the molecule is CC(CCOCc1ccccc1)N=O. The summed E-state index contributed by atoms with van der Waals surface area (Å²) in [5.74, 6) is 0. The molecule has 1 aromatic carbocycles. The van der Waals surface area contributed by atoms with Crippen LogP contribution in [0.4, 0.5) is 0 Å². The summed E-state index contributed by atoms with van der Waals surface area (Å²) in [6.07, 6.45) is 0.691. The van der Waals surface area contributed by atoms with Crippen LogP contribution >= 0.6 is 0 Å². The van der Waals surface area contributed by atoms with E-state index in [9.17, 15) is 4.91 Å². The van der Waals surface area contributed by atoms with E-state index in [-0.39, 0.29) is 6.04 Å². The lowest BCUT2D eigenvalue weighted by Crippen LogP contribution is -2.03. The molecule has 0 aliphatic rings. The van der Waals surface area contributed by atoms with Crippen LogP contribution < -0.4 is 0 Å². The Balaban J connectivity index is 2.13. The van der Waals surface area contributed by atoms with Crippen molar-refractivity contribution < 1.29 is 4.74 Å². The number of rotatable bonds is 6. The lowest BCUT2D eigenvalue weighted by atomic mass is 10.2. The van der Waals surface area contributed by atoms with Crippen LogP contribution in [-0.4, -0.2) is 12.6 Å². The summed E-state index contributed by atoms with van der Waals surface area (Å²) < 4.78 is 5.39. The zero-order valence-electron chi connectivity index (χ0n) is 8.35. The standard InChI is InChI=1S/C11H15NO2/c1-10(12-13)7-8-14-9-11-5-3-2-4-6-11/h2-6,10H,7-9H2,1H3. The molecule has 1 rings (SSSR count). The summed E-state index contributed by atoms with van der Waals surface area (Å²) in [6.45, 7) is 2.98. The maximum atomic E-state index is 10.1. The molecule has 0 bridgehead atoms. The predicted octanol–water partition coefficient (Wildman–Crippen LogP) is 2.75. The van der Waals surface area contributed by atoms with E-state index in [1.165, 1.54) is 0 Å². The summed E-state index contributed by atoms with van der Waals surface area (Å²) in [7, 11) is 0. The van der Waals surface area contributed by atoms with Crippen molar-refractivity contribution in [1.82, 2.24) is 0 Å². The number of hydrogen-bond acceptors (Lipinski definition) is 3. The fourth-order valence-electron chi connectivity index (χ4n) is 1.07. The van der Waals surface area contributed by atoms with Crippen molar-refractivity contribution in [2.75, 3.05) is 6.61 Å². The Morgan fingerprint density at radius 3 is 2.71 bits per heavy atom. The quantitative estimate of drug-likeness (QED) is 0.514. The van der Waals surface area contributed by atoms with Crippen molar-refractivity contribution in [3.8, 4) is 0 Å². The third-order valence-corrected chi connectivity index (χ3v) is 1.97. The normalized spacial score (nSPS) is 12.4. The topological polar surface area (TPSA) is 38.7 Å². The molecule has 0 radical (unpaired) electrons. The fourth-order valence-corrected chi connectivity index (χ4v) is 1.07. The van der Waals surface area contributed by atoms with Crippen molar-refractivity contribution >= 4 is 0 Å². The maximum absolute atomic E-state index is 10.1. The Morgan fingerprint density at radius 2 is 2.07 bits per heavy atom. The minimum absolute atomic E-state index is 0.147. The van der Waals surface area contributed by atoms with Gasteiger partial charge in [-0.15, -0.1) is 0 Å². The lowest BCUT2D eigenvalue weighted by Gasteiger charge is -2.04. The second kappa shape index (κ2) is 6.27. The molecular formula is C11H15NO2. The van der Waals surface area contributed by atoms with E-state index >= 15 is 0 Å². The minimum Gasteiger partial charge on any atom is -0.377 e. The molecule has 1 unspecified atom stereocenters. The van der Waals surface area contributed by atoms with Crippen LogP contribution in [0.1, 0.15) is 18.9 Å². The molecular weight excluding hydrogens is 178 g/mol.